The molecule has 0 radical (unpaired) electrons. The van der Waals surface area contributed by atoms with Crippen LogP contribution >= 0.6 is 0 Å². The first-order chi connectivity index (χ1) is 6.12. The van der Waals surface area contributed by atoms with Crippen molar-refractivity contribution in [3.8, 4) is 0 Å². The number of nitrogens with two attached hydrogens (primary N) is 1. The van der Waals surface area contributed by atoms with Gasteiger partial charge in [-0.2, -0.15) is 0 Å². The topological polar surface area (TPSA) is 46.2 Å². The van der Waals surface area contributed by atoms with E-state index in [-0.39, 0.29) is 6.04 Å². The molecule has 1 unspecified atom stereocenters. The fourth-order valence-electron chi connectivity index (χ4n) is 1.52. The van der Waals surface area contributed by atoms with E-state index in [9.17, 15) is 5.11 Å². The molecular weight excluding hydrogens is 162 g/mol. The smallest absolute Gasteiger partial charge is 0.0899 e. The largest absolute Gasteiger partial charge is 0.385 e. The summed E-state index contributed by atoms with van der Waals surface area (Å²) in [5.41, 5.74) is 7.34. The van der Waals surface area contributed by atoms with Crippen molar-refractivity contribution in [1.29, 1.82) is 0 Å². The van der Waals surface area contributed by atoms with Crippen molar-refractivity contribution in [2.75, 3.05) is 0 Å². The Morgan fingerprint density at radius 3 is 2.69 bits per heavy atom. The Kier molecular flexibility index (Phi) is 1.90. The lowest BCUT2D eigenvalue weighted by atomic mass is 10.0. The second kappa shape index (κ2) is 2.82. The minimum atomic E-state index is -0.537. The molecule has 0 bridgehead atoms. The van der Waals surface area contributed by atoms with E-state index in [1.165, 1.54) is 0 Å². The SMILES string of the molecule is CC(N)c1cccc(C2(O)CC2)c1. The van der Waals surface area contributed by atoms with Gasteiger partial charge in [0.1, 0.15) is 0 Å². The van der Waals surface area contributed by atoms with Crippen molar-refractivity contribution >= 4 is 0 Å². The van der Waals surface area contributed by atoms with Gasteiger partial charge >= 0.3 is 0 Å². The first-order valence-corrected chi connectivity index (χ1v) is 4.70. The molecule has 0 saturated heterocycles. The Labute approximate surface area is 78.4 Å². The normalized spacial score (nSPS) is 21.2. The van der Waals surface area contributed by atoms with Gasteiger partial charge in [0.2, 0.25) is 0 Å². The highest BCUT2D eigenvalue weighted by Crippen LogP contribution is 2.45. The Morgan fingerprint density at radius 2 is 2.15 bits per heavy atom. The summed E-state index contributed by atoms with van der Waals surface area (Å²) in [4.78, 5) is 0. The molecule has 0 aromatic heterocycles. The second-order valence-electron chi connectivity index (χ2n) is 3.95. The Balaban J connectivity index is 2.33. The van der Waals surface area contributed by atoms with Crippen molar-refractivity contribution in [1.82, 2.24) is 0 Å². The van der Waals surface area contributed by atoms with Crippen LogP contribution in [0.3, 0.4) is 0 Å². The zero-order valence-electron chi connectivity index (χ0n) is 7.83. The molecule has 1 aliphatic carbocycles. The van der Waals surface area contributed by atoms with Crippen LogP contribution in [0.25, 0.3) is 0 Å². The third kappa shape index (κ3) is 1.60. The van der Waals surface area contributed by atoms with E-state index in [2.05, 4.69) is 0 Å². The molecule has 13 heavy (non-hydrogen) atoms. The Hall–Kier alpha value is -0.860. The van der Waals surface area contributed by atoms with Gasteiger partial charge in [-0.05, 0) is 30.9 Å². The van der Waals surface area contributed by atoms with Crippen molar-refractivity contribution in [3.05, 3.63) is 35.4 Å². The molecule has 1 saturated carbocycles. The molecule has 1 aliphatic rings. The first-order valence-electron chi connectivity index (χ1n) is 4.70. The second-order valence-corrected chi connectivity index (χ2v) is 3.95. The van der Waals surface area contributed by atoms with E-state index < -0.39 is 5.60 Å². The zero-order valence-corrected chi connectivity index (χ0v) is 7.83. The molecule has 2 rings (SSSR count). The molecule has 2 nitrogen and oxygen atoms in total. The van der Waals surface area contributed by atoms with Crippen LogP contribution in [0.2, 0.25) is 0 Å². The third-order valence-electron chi connectivity index (χ3n) is 2.67. The fourth-order valence-corrected chi connectivity index (χ4v) is 1.52. The van der Waals surface area contributed by atoms with E-state index in [0.717, 1.165) is 24.0 Å². The van der Waals surface area contributed by atoms with Crippen LogP contribution in [0.15, 0.2) is 24.3 Å². The predicted molar refractivity (Wildman–Crippen MR) is 52.2 cm³/mol. The Bertz CT molecular complexity index is 316. The third-order valence-corrected chi connectivity index (χ3v) is 2.67. The highest BCUT2D eigenvalue weighted by Gasteiger charge is 2.42. The first kappa shape index (κ1) is 8.73. The van der Waals surface area contributed by atoms with Gasteiger partial charge in [0.15, 0.2) is 0 Å². The van der Waals surface area contributed by atoms with E-state index in [1.807, 2.05) is 31.2 Å². The summed E-state index contributed by atoms with van der Waals surface area (Å²) in [5, 5.41) is 9.87. The van der Waals surface area contributed by atoms with Crippen LogP contribution in [0.4, 0.5) is 0 Å². The van der Waals surface area contributed by atoms with Gasteiger partial charge in [-0.3, -0.25) is 0 Å². The lowest BCUT2D eigenvalue weighted by Gasteiger charge is -2.11. The van der Waals surface area contributed by atoms with Gasteiger partial charge in [0, 0.05) is 6.04 Å². The summed E-state index contributed by atoms with van der Waals surface area (Å²) < 4.78 is 0. The summed E-state index contributed by atoms with van der Waals surface area (Å²) in [6.07, 6.45) is 1.77. The number of rotatable bonds is 2. The maximum atomic E-state index is 9.87. The summed E-state index contributed by atoms with van der Waals surface area (Å²) in [7, 11) is 0. The van der Waals surface area contributed by atoms with Crippen LogP contribution in [0.5, 0.6) is 0 Å². The maximum Gasteiger partial charge on any atom is 0.0899 e. The quantitative estimate of drug-likeness (QED) is 0.722. The summed E-state index contributed by atoms with van der Waals surface area (Å²) >= 11 is 0. The Morgan fingerprint density at radius 1 is 1.46 bits per heavy atom. The number of hydrogen-bond donors (Lipinski definition) is 2. The van der Waals surface area contributed by atoms with Gasteiger partial charge in [0.05, 0.1) is 5.60 Å². The van der Waals surface area contributed by atoms with Gasteiger partial charge in [-0.15, -0.1) is 0 Å². The molecule has 70 valence electrons. The van der Waals surface area contributed by atoms with E-state index in [1.54, 1.807) is 0 Å². The summed E-state index contributed by atoms with van der Waals surface area (Å²) in [6, 6.07) is 7.99. The molecule has 1 aromatic carbocycles. The predicted octanol–water partition coefficient (Wildman–Crippen LogP) is 1.69. The molecule has 2 heteroatoms. The fraction of sp³-hybridized carbons (Fsp3) is 0.455. The van der Waals surface area contributed by atoms with E-state index in [0.29, 0.717) is 0 Å². The monoisotopic (exact) mass is 177 g/mol. The van der Waals surface area contributed by atoms with Crippen LogP contribution in [0.1, 0.15) is 36.9 Å². The number of aliphatic hydroxyl groups is 1. The zero-order chi connectivity index (χ0) is 9.47. The average Bonchev–Trinajstić information content (AvgIpc) is 2.85. The van der Waals surface area contributed by atoms with E-state index in [4.69, 9.17) is 5.73 Å². The van der Waals surface area contributed by atoms with Gasteiger partial charge in [-0.25, -0.2) is 0 Å². The standard InChI is InChI=1S/C11H15NO/c1-8(12)9-3-2-4-10(7-9)11(13)5-6-11/h2-4,7-8,13H,5-6,12H2,1H3. The van der Waals surface area contributed by atoms with E-state index >= 15 is 0 Å². The van der Waals surface area contributed by atoms with Crippen LogP contribution in [0, 0.1) is 0 Å². The van der Waals surface area contributed by atoms with Gasteiger partial charge in [0.25, 0.3) is 0 Å². The average molecular weight is 177 g/mol. The highest BCUT2D eigenvalue weighted by atomic mass is 16.3. The molecule has 0 amide bonds. The number of hydrogen-bond acceptors (Lipinski definition) is 2. The molecule has 0 aliphatic heterocycles. The van der Waals surface area contributed by atoms with Crippen molar-refractivity contribution < 1.29 is 5.11 Å². The molecule has 1 fully saturated rings. The minimum Gasteiger partial charge on any atom is -0.385 e. The van der Waals surface area contributed by atoms with Crippen LogP contribution in [-0.2, 0) is 5.60 Å². The van der Waals surface area contributed by atoms with Gasteiger partial charge < -0.3 is 10.8 Å². The van der Waals surface area contributed by atoms with Crippen LogP contribution in [-0.4, -0.2) is 5.11 Å². The van der Waals surface area contributed by atoms with Crippen molar-refractivity contribution in [2.24, 2.45) is 5.73 Å². The summed E-state index contributed by atoms with van der Waals surface area (Å²) in [6.45, 7) is 1.95. The molecule has 0 heterocycles. The van der Waals surface area contributed by atoms with Crippen molar-refractivity contribution in [3.63, 3.8) is 0 Å². The molecule has 0 spiro atoms. The van der Waals surface area contributed by atoms with Crippen molar-refractivity contribution in [2.45, 2.75) is 31.4 Å². The summed E-state index contributed by atoms with van der Waals surface area (Å²) in [5.74, 6) is 0. The molecular formula is C11H15NO. The number of benzene rings is 1. The van der Waals surface area contributed by atoms with Gasteiger partial charge in [-0.1, -0.05) is 24.3 Å². The molecule has 1 atom stereocenters. The lowest BCUT2D eigenvalue weighted by Crippen LogP contribution is -2.08. The highest BCUT2D eigenvalue weighted by molar-refractivity contribution is 5.32. The maximum absolute atomic E-state index is 9.87. The minimum absolute atomic E-state index is 0.0438. The molecule has 3 N–H and O–H groups in total. The van der Waals surface area contributed by atoms with Crippen LogP contribution < -0.4 is 5.73 Å². The lowest BCUT2D eigenvalue weighted by molar-refractivity contribution is 0.151. The molecule has 1 aromatic rings.